The number of phenolic OH excluding ortho intramolecular Hbond substituents is 1. The molecule has 29 heavy (non-hydrogen) atoms. The van der Waals surface area contributed by atoms with Crippen molar-refractivity contribution in [3.05, 3.63) is 80.5 Å². The third-order valence-corrected chi connectivity index (χ3v) is 5.93. The van der Waals surface area contributed by atoms with Crippen LogP contribution in [0.25, 0.3) is 0 Å². The molecule has 0 aromatic heterocycles. The van der Waals surface area contributed by atoms with E-state index in [-0.39, 0.29) is 28.6 Å². The van der Waals surface area contributed by atoms with E-state index in [0.717, 1.165) is 5.56 Å². The van der Waals surface area contributed by atoms with E-state index in [0.29, 0.717) is 41.8 Å². The molecule has 0 saturated carbocycles. The van der Waals surface area contributed by atoms with Gasteiger partial charge >= 0.3 is 0 Å². The number of aromatic hydroxyl groups is 1. The molecule has 0 saturated heterocycles. The lowest BCUT2D eigenvalue weighted by Crippen LogP contribution is -2.33. The molecule has 1 N–H and O–H groups in total. The van der Waals surface area contributed by atoms with E-state index in [2.05, 4.69) is 0 Å². The zero-order valence-corrected chi connectivity index (χ0v) is 15.3. The number of carbonyl (C=O) groups excluding carboxylic acids is 2. The molecular formula is C22H16N2O5. The number of fused-ring (bicyclic) bond motifs is 3. The number of nitro groups is 1. The number of hydrogen-bond donors (Lipinski definition) is 1. The van der Waals surface area contributed by atoms with Crippen LogP contribution in [0, 0.1) is 16.0 Å². The molecule has 0 amide bonds. The first kappa shape index (κ1) is 17.5. The molecule has 2 atom stereocenters. The van der Waals surface area contributed by atoms with Gasteiger partial charge in [0.2, 0.25) is 0 Å². The van der Waals surface area contributed by atoms with Crippen LogP contribution in [-0.2, 0) is 4.79 Å². The minimum Gasteiger partial charge on any atom is -0.508 e. The maximum absolute atomic E-state index is 13.3. The summed E-state index contributed by atoms with van der Waals surface area (Å²) in [7, 11) is 0. The highest BCUT2D eigenvalue weighted by Gasteiger charge is 2.49. The minimum absolute atomic E-state index is 0.117. The van der Waals surface area contributed by atoms with Crippen LogP contribution in [0.1, 0.15) is 46.7 Å². The second-order valence-electron chi connectivity index (χ2n) is 7.50. The third kappa shape index (κ3) is 2.47. The second-order valence-corrected chi connectivity index (χ2v) is 7.50. The van der Waals surface area contributed by atoms with Crippen molar-refractivity contribution >= 4 is 23.0 Å². The van der Waals surface area contributed by atoms with Crippen molar-refractivity contribution in [3.63, 3.8) is 0 Å². The van der Waals surface area contributed by atoms with Crippen LogP contribution in [-0.4, -0.2) is 27.3 Å². The average molecular weight is 388 g/mol. The maximum Gasteiger partial charge on any atom is 0.269 e. The number of hydrogen-bond acceptors (Lipinski definition) is 6. The predicted octanol–water partition coefficient (Wildman–Crippen LogP) is 3.71. The van der Waals surface area contributed by atoms with Gasteiger partial charge in [0.05, 0.1) is 16.6 Å². The lowest BCUT2D eigenvalue weighted by molar-refractivity contribution is -0.385. The molecule has 2 aromatic rings. The number of benzene rings is 2. The van der Waals surface area contributed by atoms with E-state index >= 15 is 0 Å². The van der Waals surface area contributed by atoms with Gasteiger partial charge in [-0.25, -0.2) is 0 Å². The third-order valence-electron chi connectivity index (χ3n) is 5.93. The summed E-state index contributed by atoms with van der Waals surface area (Å²) in [6, 6.07) is 10.9. The average Bonchev–Trinajstić information content (AvgIpc) is 2.99. The molecule has 1 aliphatic heterocycles. The summed E-state index contributed by atoms with van der Waals surface area (Å²) < 4.78 is 0. The molecule has 3 aliphatic rings. The van der Waals surface area contributed by atoms with Gasteiger partial charge in [0.15, 0.2) is 11.6 Å². The fourth-order valence-electron chi connectivity index (χ4n) is 4.69. The number of rotatable bonds is 2. The molecular weight excluding hydrogens is 372 g/mol. The van der Waals surface area contributed by atoms with Crippen molar-refractivity contribution in [1.29, 1.82) is 0 Å². The van der Waals surface area contributed by atoms with Gasteiger partial charge in [0.1, 0.15) is 5.75 Å². The molecule has 7 heteroatoms. The first-order valence-electron chi connectivity index (χ1n) is 9.43. The molecule has 2 aliphatic carbocycles. The summed E-state index contributed by atoms with van der Waals surface area (Å²) in [5, 5.41) is 21.9. The number of ketones is 2. The molecule has 2 aromatic carbocycles. The lowest BCUT2D eigenvalue weighted by atomic mass is 9.71. The molecule has 0 radical (unpaired) electrons. The topological polar surface area (TPSA) is 110 Å². The van der Waals surface area contributed by atoms with Gasteiger partial charge < -0.3 is 5.11 Å². The number of phenols is 1. The highest BCUT2D eigenvalue weighted by Crippen LogP contribution is 2.50. The number of non-ortho nitro benzene ring substituents is 1. The van der Waals surface area contributed by atoms with Gasteiger partial charge in [-0.15, -0.1) is 0 Å². The van der Waals surface area contributed by atoms with Crippen LogP contribution in [0.5, 0.6) is 5.75 Å². The molecule has 144 valence electrons. The SMILES string of the molecule is O=C1CCCC2=C1[C@@H](c1cc([N+](=O)[O-])ccc1O)[C@@H]1C(=O)c3ccccc3C1=N2. The Morgan fingerprint density at radius 1 is 1.03 bits per heavy atom. The molecule has 0 spiro atoms. The fraction of sp³-hybridized carbons (Fsp3) is 0.227. The van der Waals surface area contributed by atoms with Crippen LogP contribution >= 0.6 is 0 Å². The van der Waals surface area contributed by atoms with Crippen LogP contribution < -0.4 is 0 Å². The highest BCUT2D eigenvalue weighted by molar-refractivity contribution is 6.30. The largest absolute Gasteiger partial charge is 0.508 e. The Morgan fingerprint density at radius 3 is 2.55 bits per heavy atom. The van der Waals surface area contributed by atoms with Gasteiger partial charge in [-0.2, -0.15) is 0 Å². The predicted molar refractivity (Wildman–Crippen MR) is 104 cm³/mol. The van der Waals surface area contributed by atoms with E-state index in [1.807, 2.05) is 12.1 Å². The summed E-state index contributed by atoms with van der Waals surface area (Å²) in [6.45, 7) is 0. The van der Waals surface area contributed by atoms with Gasteiger partial charge in [0.25, 0.3) is 5.69 Å². The molecule has 1 heterocycles. The number of nitrogens with zero attached hydrogens (tertiary/aromatic N) is 2. The summed E-state index contributed by atoms with van der Waals surface area (Å²) in [6.07, 6.45) is 1.60. The Hall–Kier alpha value is -3.61. The van der Waals surface area contributed by atoms with E-state index < -0.39 is 16.8 Å². The maximum atomic E-state index is 13.3. The summed E-state index contributed by atoms with van der Waals surface area (Å²) in [4.78, 5) is 41.6. The van der Waals surface area contributed by atoms with Crippen molar-refractivity contribution in [2.24, 2.45) is 10.9 Å². The molecule has 0 fully saturated rings. The minimum atomic E-state index is -0.787. The summed E-state index contributed by atoms with van der Waals surface area (Å²) in [5.41, 5.74) is 2.88. The fourth-order valence-corrected chi connectivity index (χ4v) is 4.69. The van der Waals surface area contributed by atoms with Gasteiger partial charge in [-0.3, -0.25) is 24.7 Å². The van der Waals surface area contributed by atoms with E-state index in [1.165, 1.54) is 18.2 Å². The van der Waals surface area contributed by atoms with Crippen LogP contribution in [0.2, 0.25) is 0 Å². The Morgan fingerprint density at radius 2 is 1.79 bits per heavy atom. The molecule has 7 nitrogen and oxygen atoms in total. The molecule has 0 unspecified atom stereocenters. The van der Waals surface area contributed by atoms with Crippen LogP contribution in [0.4, 0.5) is 5.69 Å². The smallest absolute Gasteiger partial charge is 0.269 e. The van der Waals surface area contributed by atoms with Crippen LogP contribution in [0.3, 0.4) is 0 Å². The Kier molecular flexibility index (Phi) is 3.74. The zero-order chi connectivity index (χ0) is 20.3. The van der Waals surface area contributed by atoms with E-state index in [9.17, 15) is 24.8 Å². The Labute approximate surface area is 165 Å². The first-order chi connectivity index (χ1) is 14.0. The highest BCUT2D eigenvalue weighted by atomic mass is 16.6. The molecule has 5 rings (SSSR count). The monoisotopic (exact) mass is 388 g/mol. The van der Waals surface area contributed by atoms with Crippen LogP contribution in [0.15, 0.2) is 58.7 Å². The number of allylic oxidation sites excluding steroid dienone is 2. The van der Waals surface area contributed by atoms with Gasteiger partial charge in [-0.05, 0) is 18.9 Å². The number of nitro benzene ring substituents is 1. The van der Waals surface area contributed by atoms with E-state index in [1.54, 1.807) is 12.1 Å². The van der Waals surface area contributed by atoms with Crippen molar-refractivity contribution in [2.45, 2.75) is 25.2 Å². The summed E-state index contributed by atoms with van der Waals surface area (Å²) >= 11 is 0. The number of Topliss-reactive ketones (excluding diaryl/α,β-unsaturated/α-hetero) is 2. The zero-order valence-electron chi connectivity index (χ0n) is 15.3. The quantitative estimate of drug-likeness (QED) is 0.623. The summed E-state index contributed by atoms with van der Waals surface area (Å²) in [5.74, 6) is -2.03. The number of carbonyl (C=O) groups is 2. The number of aliphatic imine (C=N–C) groups is 1. The van der Waals surface area contributed by atoms with Crippen molar-refractivity contribution < 1.29 is 19.6 Å². The van der Waals surface area contributed by atoms with Gasteiger partial charge in [0, 0.05) is 52.4 Å². The Balaban J connectivity index is 1.79. The Bertz CT molecular complexity index is 1180. The normalized spacial score (nSPS) is 22.7. The van der Waals surface area contributed by atoms with Crippen molar-refractivity contribution in [2.75, 3.05) is 0 Å². The van der Waals surface area contributed by atoms with E-state index in [4.69, 9.17) is 4.99 Å². The van der Waals surface area contributed by atoms with Gasteiger partial charge in [-0.1, -0.05) is 24.3 Å². The first-order valence-corrected chi connectivity index (χ1v) is 9.43. The second kappa shape index (κ2) is 6.20. The van der Waals surface area contributed by atoms with Crippen molar-refractivity contribution in [3.8, 4) is 5.75 Å². The lowest BCUT2D eigenvalue weighted by Gasteiger charge is -2.33. The molecule has 0 bridgehead atoms. The standard InChI is InChI=1S/C22H16N2O5/c25-16-9-8-11(24(28)29)10-14(16)18-19-15(6-3-7-17(19)26)23-21-12-4-1-2-5-13(12)22(27)20(18)21/h1-2,4-5,8-10,18,20,25H,3,6-7H2/t18-,20+/m1/s1. The van der Waals surface area contributed by atoms with Crippen molar-refractivity contribution in [1.82, 2.24) is 0 Å².